The number of unbranched alkanes of at least 4 members (excludes halogenated alkanes) is 3. The molecule has 0 radical (unpaired) electrons. The monoisotopic (exact) mass is 360 g/mol. The SMILES string of the molecule is CCOc1ccc(OCCCCCCSc2ccc(OC)cc2)cc1. The zero-order chi connectivity index (χ0) is 17.7. The Labute approximate surface area is 155 Å². The van der Waals surface area contributed by atoms with Crippen molar-refractivity contribution in [3.63, 3.8) is 0 Å². The van der Waals surface area contributed by atoms with Crippen LogP contribution >= 0.6 is 11.8 Å². The number of thioether (sulfide) groups is 1. The molecule has 0 amide bonds. The molecular weight excluding hydrogens is 332 g/mol. The largest absolute Gasteiger partial charge is 0.497 e. The van der Waals surface area contributed by atoms with Gasteiger partial charge >= 0.3 is 0 Å². The summed E-state index contributed by atoms with van der Waals surface area (Å²) >= 11 is 1.91. The van der Waals surface area contributed by atoms with Crippen molar-refractivity contribution in [1.82, 2.24) is 0 Å². The molecular formula is C21H28O3S. The lowest BCUT2D eigenvalue weighted by Gasteiger charge is -2.08. The van der Waals surface area contributed by atoms with Crippen LogP contribution in [0, 0.1) is 0 Å². The molecule has 3 nitrogen and oxygen atoms in total. The van der Waals surface area contributed by atoms with Gasteiger partial charge in [0.05, 0.1) is 20.3 Å². The van der Waals surface area contributed by atoms with E-state index in [0.717, 1.165) is 36.0 Å². The molecule has 0 N–H and O–H groups in total. The van der Waals surface area contributed by atoms with Crippen LogP contribution < -0.4 is 14.2 Å². The van der Waals surface area contributed by atoms with E-state index in [1.54, 1.807) is 7.11 Å². The maximum absolute atomic E-state index is 5.76. The molecule has 0 aliphatic carbocycles. The van der Waals surface area contributed by atoms with E-state index in [9.17, 15) is 0 Å². The van der Waals surface area contributed by atoms with Crippen LogP contribution in [0.15, 0.2) is 53.4 Å². The molecule has 0 unspecified atom stereocenters. The molecule has 0 heterocycles. The molecule has 4 heteroatoms. The molecule has 2 rings (SSSR count). The molecule has 2 aromatic carbocycles. The van der Waals surface area contributed by atoms with Crippen LogP contribution in [-0.4, -0.2) is 26.1 Å². The molecule has 0 atom stereocenters. The number of hydrogen-bond acceptors (Lipinski definition) is 4. The summed E-state index contributed by atoms with van der Waals surface area (Å²) in [5.41, 5.74) is 0. The smallest absolute Gasteiger partial charge is 0.119 e. The van der Waals surface area contributed by atoms with Gasteiger partial charge in [-0.2, -0.15) is 0 Å². The lowest BCUT2D eigenvalue weighted by atomic mass is 10.2. The average molecular weight is 361 g/mol. The second-order valence-corrected chi connectivity index (χ2v) is 6.86. The third-order valence-electron chi connectivity index (χ3n) is 3.77. The minimum absolute atomic E-state index is 0.691. The lowest BCUT2D eigenvalue weighted by Crippen LogP contribution is -1.98. The van der Waals surface area contributed by atoms with Crippen molar-refractivity contribution in [2.24, 2.45) is 0 Å². The van der Waals surface area contributed by atoms with E-state index in [-0.39, 0.29) is 0 Å². The molecule has 0 aromatic heterocycles. The van der Waals surface area contributed by atoms with Crippen LogP contribution in [0.2, 0.25) is 0 Å². The first-order valence-electron chi connectivity index (χ1n) is 8.94. The van der Waals surface area contributed by atoms with Crippen molar-refractivity contribution < 1.29 is 14.2 Å². The summed E-state index contributed by atoms with van der Waals surface area (Å²) in [7, 11) is 1.70. The standard InChI is InChI=1S/C21H28O3S/c1-3-23-19-8-10-20(11-9-19)24-16-6-4-5-7-17-25-21-14-12-18(22-2)13-15-21/h8-15H,3-7,16-17H2,1-2H3. The highest BCUT2D eigenvalue weighted by Gasteiger charge is 1.98. The summed E-state index contributed by atoms with van der Waals surface area (Å²) < 4.78 is 16.4. The quantitative estimate of drug-likeness (QED) is 0.352. The first-order chi connectivity index (χ1) is 12.3. The molecule has 0 fully saturated rings. The summed E-state index contributed by atoms with van der Waals surface area (Å²) in [6.45, 7) is 3.45. The van der Waals surface area contributed by atoms with Gasteiger partial charge in [-0.1, -0.05) is 12.8 Å². The van der Waals surface area contributed by atoms with Gasteiger partial charge in [-0.25, -0.2) is 0 Å². The van der Waals surface area contributed by atoms with Crippen LogP contribution in [0.4, 0.5) is 0 Å². The second-order valence-electron chi connectivity index (χ2n) is 5.69. The normalized spacial score (nSPS) is 10.5. The summed E-state index contributed by atoms with van der Waals surface area (Å²) in [6.07, 6.45) is 4.79. The van der Waals surface area contributed by atoms with Crippen molar-refractivity contribution in [1.29, 1.82) is 0 Å². The second kappa shape index (κ2) is 11.7. The molecule has 0 aliphatic rings. The Balaban J connectivity index is 1.49. The van der Waals surface area contributed by atoms with Gasteiger partial charge in [-0.3, -0.25) is 0 Å². The van der Waals surface area contributed by atoms with Crippen LogP contribution in [0.3, 0.4) is 0 Å². The van der Waals surface area contributed by atoms with Crippen molar-refractivity contribution in [3.8, 4) is 17.2 Å². The minimum atomic E-state index is 0.691. The van der Waals surface area contributed by atoms with Crippen LogP contribution in [0.1, 0.15) is 32.6 Å². The number of methoxy groups -OCH3 is 1. The highest BCUT2D eigenvalue weighted by molar-refractivity contribution is 7.99. The minimum Gasteiger partial charge on any atom is -0.497 e. The number of rotatable bonds is 12. The average Bonchev–Trinajstić information content (AvgIpc) is 2.66. The molecule has 136 valence electrons. The zero-order valence-corrected chi connectivity index (χ0v) is 16.0. The van der Waals surface area contributed by atoms with Gasteiger partial charge < -0.3 is 14.2 Å². The fourth-order valence-corrected chi connectivity index (χ4v) is 3.32. The predicted octanol–water partition coefficient (Wildman–Crippen LogP) is 5.83. The van der Waals surface area contributed by atoms with E-state index in [1.165, 1.54) is 24.2 Å². The molecule has 0 saturated heterocycles. The molecule has 25 heavy (non-hydrogen) atoms. The maximum atomic E-state index is 5.76. The first kappa shape index (κ1) is 19.5. The van der Waals surface area contributed by atoms with Gasteiger partial charge in [-0.05, 0) is 74.0 Å². The van der Waals surface area contributed by atoms with Crippen molar-refractivity contribution in [2.75, 3.05) is 26.1 Å². The van der Waals surface area contributed by atoms with E-state index in [1.807, 2.05) is 55.1 Å². The lowest BCUT2D eigenvalue weighted by molar-refractivity contribution is 0.303. The van der Waals surface area contributed by atoms with Crippen LogP contribution in [-0.2, 0) is 0 Å². The van der Waals surface area contributed by atoms with E-state index in [0.29, 0.717) is 6.61 Å². The topological polar surface area (TPSA) is 27.7 Å². The zero-order valence-electron chi connectivity index (χ0n) is 15.2. The van der Waals surface area contributed by atoms with Crippen molar-refractivity contribution in [2.45, 2.75) is 37.5 Å². The van der Waals surface area contributed by atoms with Crippen molar-refractivity contribution >= 4 is 11.8 Å². The summed E-state index contributed by atoms with van der Waals surface area (Å²) in [4.78, 5) is 1.31. The molecule has 0 aliphatic heterocycles. The summed E-state index contributed by atoms with van der Waals surface area (Å²) in [5.74, 6) is 3.88. The first-order valence-corrected chi connectivity index (χ1v) is 9.93. The van der Waals surface area contributed by atoms with Gasteiger partial charge in [-0.15, -0.1) is 11.8 Å². The van der Waals surface area contributed by atoms with Gasteiger partial charge in [0.2, 0.25) is 0 Å². The van der Waals surface area contributed by atoms with Crippen LogP contribution in [0.5, 0.6) is 17.2 Å². The number of benzene rings is 2. The Bertz CT molecular complexity index is 581. The Hall–Kier alpha value is -1.81. The van der Waals surface area contributed by atoms with E-state index in [2.05, 4.69) is 12.1 Å². The third-order valence-corrected chi connectivity index (χ3v) is 4.87. The summed E-state index contributed by atoms with van der Waals surface area (Å²) in [5, 5.41) is 0. The van der Waals surface area contributed by atoms with E-state index in [4.69, 9.17) is 14.2 Å². The van der Waals surface area contributed by atoms with Gasteiger partial charge in [0.15, 0.2) is 0 Å². The Morgan fingerprint density at radius 3 is 1.96 bits per heavy atom. The molecule has 0 spiro atoms. The highest BCUT2D eigenvalue weighted by Crippen LogP contribution is 2.22. The Morgan fingerprint density at radius 1 is 0.720 bits per heavy atom. The fourth-order valence-electron chi connectivity index (χ4n) is 2.41. The molecule has 2 aromatic rings. The van der Waals surface area contributed by atoms with E-state index < -0.39 is 0 Å². The van der Waals surface area contributed by atoms with E-state index >= 15 is 0 Å². The number of hydrogen-bond donors (Lipinski definition) is 0. The van der Waals surface area contributed by atoms with Gasteiger partial charge in [0, 0.05) is 4.90 Å². The van der Waals surface area contributed by atoms with Gasteiger partial charge in [0.25, 0.3) is 0 Å². The fraction of sp³-hybridized carbons (Fsp3) is 0.429. The van der Waals surface area contributed by atoms with Crippen molar-refractivity contribution in [3.05, 3.63) is 48.5 Å². The Morgan fingerprint density at radius 2 is 1.32 bits per heavy atom. The Kier molecular flexibility index (Phi) is 9.13. The predicted molar refractivity (Wildman–Crippen MR) is 105 cm³/mol. The highest BCUT2D eigenvalue weighted by atomic mass is 32.2. The number of ether oxygens (including phenoxy) is 3. The maximum Gasteiger partial charge on any atom is 0.119 e. The molecule has 0 saturated carbocycles. The van der Waals surface area contributed by atoms with Crippen LogP contribution in [0.25, 0.3) is 0 Å². The molecule has 0 bridgehead atoms. The van der Waals surface area contributed by atoms with Gasteiger partial charge in [0.1, 0.15) is 17.2 Å². The third kappa shape index (κ3) is 7.74. The summed E-state index contributed by atoms with van der Waals surface area (Å²) in [6, 6.07) is 16.1.